The van der Waals surface area contributed by atoms with Crippen LogP contribution in [0.5, 0.6) is 0 Å². The van der Waals surface area contributed by atoms with Crippen LogP contribution >= 0.6 is 0 Å². The quantitative estimate of drug-likeness (QED) is 0.529. The van der Waals surface area contributed by atoms with Crippen molar-refractivity contribution in [3.8, 4) is 0 Å². The molecule has 0 saturated carbocycles. The second kappa shape index (κ2) is 2.41. The molecule has 0 aliphatic carbocycles. The highest BCUT2D eigenvalue weighted by Crippen LogP contribution is 2.31. The molecule has 60 valence electrons. The molecule has 0 aromatic rings. The molecule has 1 saturated heterocycles. The van der Waals surface area contributed by atoms with Crippen molar-refractivity contribution >= 4 is 0 Å². The van der Waals surface area contributed by atoms with Gasteiger partial charge in [0, 0.05) is 0 Å². The molecule has 3 nitrogen and oxygen atoms in total. The minimum atomic E-state index is -3.30. The molecule has 5 heteroatoms. The van der Waals surface area contributed by atoms with Crippen molar-refractivity contribution in [2.45, 2.75) is 18.1 Å². The highest BCUT2D eigenvalue weighted by molar-refractivity contribution is 4.90. The molecule has 0 radical (unpaired) electrons. The Labute approximate surface area is 56.2 Å². The smallest absolute Gasteiger partial charge is 0.303 e. The van der Waals surface area contributed by atoms with Gasteiger partial charge >= 0.3 is 5.92 Å². The summed E-state index contributed by atoms with van der Waals surface area (Å²) in [5.74, 6) is -3.30. The van der Waals surface area contributed by atoms with Crippen molar-refractivity contribution in [1.29, 1.82) is 0 Å². The van der Waals surface area contributed by atoms with E-state index in [1.54, 1.807) is 0 Å². The average molecular weight is 154 g/mol. The van der Waals surface area contributed by atoms with E-state index in [9.17, 15) is 8.78 Å². The summed E-state index contributed by atoms with van der Waals surface area (Å²) in [6.07, 6.45) is -3.31. The second-order valence-corrected chi connectivity index (χ2v) is 2.19. The van der Waals surface area contributed by atoms with E-state index in [4.69, 9.17) is 10.2 Å². The Morgan fingerprint density at radius 1 is 1.60 bits per heavy atom. The standard InChI is InChI=1S/C5H8F2O3/c6-5(7)3(9)2-10-4(5)1-8/h3-4,8-9H,1-2H2. The number of hydrogen-bond acceptors (Lipinski definition) is 3. The lowest BCUT2D eigenvalue weighted by Gasteiger charge is -2.16. The molecular formula is C5H8F2O3. The zero-order chi connectivity index (χ0) is 7.78. The van der Waals surface area contributed by atoms with E-state index in [1.165, 1.54) is 0 Å². The zero-order valence-corrected chi connectivity index (χ0v) is 5.13. The molecule has 0 aromatic heterocycles. The molecule has 1 rings (SSSR count). The lowest BCUT2D eigenvalue weighted by atomic mass is 10.1. The monoisotopic (exact) mass is 154 g/mol. The van der Waals surface area contributed by atoms with Crippen molar-refractivity contribution < 1.29 is 23.7 Å². The van der Waals surface area contributed by atoms with Gasteiger partial charge in [0.1, 0.15) is 12.2 Å². The molecular weight excluding hydrogens is 146 g/mol. The minimum absolute atomic E-state index is 0.405. The van der Waals surface area contributed by atoms with Gasteiger partial charge in [-0.3, -0.25) is 0 Å². The lowest BCUT2D eigenvalue weighted by molar-refractivity contribution is -0.123. The molecule has 2 atom stereocenters. The van der Waals surface area contributed by atoms with E-state index in [0.29, 0.717) is 0 Å². The van der Waals surface area contributed by atoms with Crippen LogP contribution in [0.2, 0.25) is 0 Å². The molecule has 1 aliphatic heterocycles. The number of alkyl halides is 2. The van der Waals surface area contributed by atoms with E-state index in [1.807, 2.05) is 0 Å². The van der Waals surface area contributed by atoms with Crippen LogP contribution in [-0.2, 0) is 4.74 Å². The normalized spacial score (nSPS) is 38.4. The van der Waals surface area contributed by atoms with Gasteiger partial charge in [0.15, 0.2) is 0 Å². The van der Waals surface area contributed by atoms with Crippen molar-refractivity contribution in [2.24, 2.45) is 0 Å². The molecule has 0 bridgehead atoms. The third-order valence-electron chi connectivity index (χ3n) is 1.49. The van der Waals surface area contributed by atoms with Crippen LogP contribution in [0.4, 0.5) is 8.78 Å². The van der Waals surface area contributed by atoms with E-state index < -0.39 is 31.3 Å². The number of aliphatic hydroxyl groups is 2. The topological polar surface area (TPSA) is 49.7 Å². The molecule has 1 heterocycles. The number of ether oxygens (including phenoxy) is 1. The van der Waals surface area contributed by atoms with Gasteiger partial charge in [-0.2, -0.15) is 0 Å². The Morgan fingerprint density at radius 3 is 2.40 bits per heavy atom. The van der Waals surface area contributed by atoms with Gasteiger partial charge in [-0.05, 0) is 0 Å². The van der Waals surface area contributed by atoms with Crippen LogP contribution < -0.4 is 0 Å². The Morgan fingerprint density at radius 2 is 2.20 bits per heavy atom. The highest BCUT2D eigenvalue weighted by atomic mass is 19.3. The van der Waals surface area contributed by atoms with Gasteiger partial charge in [0.05, 0.1) is 13.2 Å². The van der Waals surface area contributed by atoms with Crippen molar-refractivity contribution in [1.82, 2.24) is 0 Å². The third kappa shape index (κ3) is 1.00. The summed E-state index contributed by atoms with van der Waals surface area (Å²) in [6.45, 7) is -1.16. The third-order valence-corrected chi connectivity index (χ3v) is 1.49. The fourth-order valence-electron chi connectivity index (χ4n) is 0.819. The fourth-order valence-corrected chi connectivity index (χ4v) is 0.819. The summed E-state index contributed by atoms with van der Waals surface area (Å²) >= 11 is 0. The maximum atomic E-state index is 12.5. The van der Waals surface area contributed by atoms with Crippen molar-refractivity contribution in [2.75, 3.05) is 13.2 Å². The maximum Gasteiger partial charge on any atom is 0.303 e. The summed E-state index contributed by atoms with van der Waals surface area (Å²) in [7, 11) is 0. The number of aliphatic hydroxyl groups excluding tert-OH is 2. The summed E-state index contributed by atoms with van der Waals surface area (Å²) in [6, 6.07) is 0. The van der Waals surface area contributed by atoms with Gasteiger partial charge in [-0.25, -0.2) is 8.78 Å². The highest BCUT2D eigenvalue weighted by Gasteiger charge is 2.52. The molecule has 0 aromatic carbocycles. The average Bonchev–Trinajstić information content (AvgIpc) is 2.10. The largest absolute Gasteiger partial charge is 0.393 e. The number of rotatable bonds is 1. The Bertz CT molecular complexity index is 128. The first-order chi connectivity index (χ1) is 4.59. The number of hydrogen-bond donors (Lipinski definition) is 2. The van der Waals surface area contributed by atoms with E-state index in [0.717, 1.165) is 0 Å². The van der Waals surface area contributed by atoms with Crippen LogP contribution in [0.3, 0.4) is 0 Å². The van der Waals surface area contributed by atoms with Crippen LogP contribution in [-0.4, -0.2) is 41.6 Å². The van der Waals surface area contributed by atoms with Crippen molar-refractivity contribution in [3.63, 3.8) is 0 Å². The summed E-state index contributed by atoms with van der Waals surface area (Å²) < 4.78 is 29.3. The first kappa shape index (κ1) is 7.84. The van der Waals surface area contributed by atoms with Gasteiger partial charge < -0.3 is 14.9 Å². The Hall–Kier alpha value is -0.260. The van der Waals surface area contributed by atoms with E-state index in [-0.39, 0.29) is 0 Å². The summed E-state index contributed by atoms with van der Waals surface area (Å²) in [4.78, 5) is 0. The Balaban J connectivity index is 2.64. The first-order valence-corrected chi connectivity index (χ1v) is 2.87. The van der Waals surface area contributed by atoms with Crippen LogP contribution in [0.1, 0.15) is 0 Å². The van der Waals surface area contributed by atoms with E-state index in [2.05, 4.69) is 4.74 Å². The Kier molecular flexibility index (Phi) is 1.89. The van der Waals surface area contributed by atoms with E-state index >= 15 is 0 Å². The predicted molar refractivity (Wildman–Crippen MR) is 27.8 cm³/mol. The van der Waals surface area contributed by atoms with Crippen molar-refractivity contribution in [3.05, 3.63) is 0 Å². The molecule has 10 heavy (non-hydrogen) atoms. The predicted octanol–water partition coefficient (Wildman–Crippen LogP) is -0.626. The molecule has 2 unspecified atom stereocenters. The summed E-state index contributed by atoms with van der Waals surface area (Å²) in [5, 5.41) is 16.9. The molecule has 2 N–H and O–H groups in total. The number of halogens is 2. The van der Waals surface area contributed by atoms with Crippen LogP contribution in [0.15, 0.2) is 0 Å². The zero-order valence-electron chi connectivity index (χ0n) is 5.13. The van der Waals surface area contributed by atoms with Gasteiger partial charge in [0.2, 0.25) is 0 Å². The second-order valence-electron chi connectivity index (χ2n) is 2.19. The molecule has 1 aliphatic rings. The van der Waals surface area contributed by atoms with Gasteiger partial charge in [0.25, 0.3) is 0 Å². The van der Waals surface area contributed by atoms with Crippen LogP contribution in [0.25, 0.3) is 0 Å². The van der Waals surface area contributed by atoms with Gasteiger partial charge in [-0.1, -0.05) is 0 Å². The minimum Gasteiger partial charge on any atom is -0.393 e. The first-order valence-electron chi connectivity index (χ1n) is 2.87. The SMILES string of the molecule is OCC1OCC(O)C1(F)F. The molecule has 1 fully saturated rings. The molecule has 0 spiro atoms. The summed E-state index contributed by atoms with van der Waals surface area (Å²) in [5.41, 5.74) is 0. The fraction of sp³-hybridized carbons (Fsp3) is 1.00. The maximum absolute atomic E-state index is 12.5. The van der Waals surface area contributed by atoms with Crippen LogP contribution in [0, 0.1) is 0 Å². The van der Waals surface area contributed by atoms with Gasteiger partial charge in [-0.15, -0.1) is 0 Å². The molecule has 0 amide bonds. The lowest BCUT2D eigenvalue weighted by Crippen LogP contribution is -2.39.